The van der Waals surface area contributed by atoms with Crippen molar-refractivity contribution in [1.82, 2.24) is 5.32 Å². The van der Waals surface area contributed by atoms with Crippen molar-refractivity contribution in [3.05, 3.63) is 34.3 Å². The molecule has 1 fully saturated rings. The van der Waals surface area contributed by atoms with Crippen LogP contribution in [0.1, 0.15) is 36.5 Å². The Balaban J connectivity index is 2.12. The first kappa shape index (κ1) is 15.3. The molecule has 2 unspecified atom stereocenters. The Kier molecular flexibility index (Phi) is 5.02. The quantitative estimate of drug-likeness (QED) is 0.792. The fraction of sp³-hybridized carbons (Fsp3) is 0.533. The number of methoxy groups -OCH3 is 1. The van der Waals surface area contributed by atoms with Gasteiger partial charge in [0.05, 0.1) is 19.6 Å². The lowest BCUT2D eigenvalue weighted by molar-refractivity contribution is -0.142. The minimum absolute atomic E-state index is 0.149. The summed E-state index contributed by atoms with van der Waals surface area (Å²) in [6, 6.07) is 5.47. The first-order valence-corrected chi connectivity index (χ1v) is 7.16. The number of rotatable bonds is 6. The van der Waals surface area contributed by atoms with Gasteiger partial charge in [0, 0.05) is 17.1 Å². The molecule has 2 N–H and O–H groups in total. The number of carbonyl (C=O) groups excluding carboxylic acids is 1. The molecule has 4 nitrogen and oxygen atoms in total. The predicted octanol–water partition coefficient (Wildman–Crippen LogP) is 2.37. The van der Waals surface area contributed by atoms with Crippen LogP contribution >= 0.6 is 11.6 Å². The zero-order chi connectivity index (χ0) is 14.7. The minimum Gasteiger partial charge on any atom is -0.469 e. The van der Waals surface area contributed by atoms with Crippen LogP contribution in [-0.4, -0.2) is 30.3 Å². The van der Waals surface area contributed by atoms with Gasteiger partial charge in [-0.15, -0.1) is 0 Å². The Morgan fingerprint density at radius 2 is 2.25 bits per heavy atom. The number of benzene rings is 1. The largest absolute Gasteiger partial charge is 0.469 e. The molecule has 0 radical (unpaired) electrons. The van der Waals surface area contributed by atoms with Crippen LogP contribution in [0.5, 0.6) is 0 Å². The summed E-state index contributed by atoms with van der Waals surface area (Å²) in [6.07, 6.45) is 1.56. The lowest BCUT2D eigenvalue weighted by atomic mass is 9.98. The van der Waals surface area contributed by atoms with E-state index in [9.17, 15) is 9.90 Å². The highest BCUT2D eigenvalue weighted by Gasteiger charge is 2.31. The van der Waals surface area contributed by atoms with E-state index >= 15 is 0 Å². The van der Waals surface area contributed by atoms with Crippen molar-refractivity contribution in [3.63, 3.8) is 0 Å². The van der Waals surface area contributed by atoms with Gasteiger partial charge in [-0.25, -0.2) is 0 Å². The molecule has 1 aliphatic carbocycles. The van der Waals surface area contributed by atoms with Gasteiger partial charge >= 0.3 is 5.97 Å². The Morgan fingerprint density at radius 3 is 2.80 bits per heavy atom. The Labute approximate surface area is 124 Å². The van der Waals surface area contributed by atoms with Crippen LogP contribution in [0.2, 0.25) is 5.02 Å². The van der Waals surface area contributed by atoms with Crippen molar-refractivity contribution in [2.75, 3.05) is 7.11 Å². The van der Waals surface area contributed by atoms with Gasteiger partial charge in [-0.2, -0.15) is 0 Å². The summed E-state index contributed by atoms with van der Waals surface area (Å²) in [5.41, 5.74) is 1.67. The number of aliphatic hydroxyl groups excluding tert-OH is 1. The van der Waals surface area contributed by atoms with Gasteiger partial charge in [0.25, 0.3) is 0 Å². The standard InChI is InChI=1S/C15H20ClNO3/c1-9-7-10(3-6-12(9)16)15(19)13(8-14(18)20-2)17-11-4-5-11/h3,6-7,11,13,15,17,19H,4-5,8H2,1-2H3. The average Bonchev–Trinajstić information content (AvgIpc) is 3.24. The molecule has 1 aliphatic rings. The lowest BCUT2D eigenvalue weighted by Gasteiger charge is -2.24. The number of hydrogen-bond donors (Lipinski definition) is 2. The monoisotopic (exact) mass is 297 g/mol. The second-order valence-corrected chi connectivity index (χ2v) is 5.69. The number of aliphatic hydroxyl groups is 1. The molecule has 0 bridgehead atoms. The van der Waals surface area contributed by atoms with E-state index in [1.165, 1.54) is 7.11 Å². The van der Waals surface area contributed by atoms with Gasteiger partial charge in [0.1, 0.15) is 0 Å². The van der Waals surface area contributed by atoms with Crippen LogP contribution in [0.4, 0.5) is 0 Å². The van der Waals surface area contributed by atoms with E-state index in [-0.39, 0.29) is 18.4 Å². The smallest absolute Gasteiger partial charge is 0.307 e. The SMILES string of the molecule is COC(=O)CC(NC1CC1)C(O)c1ccc(Cl)c(C)c1. The third-order valence-corrected chi connectivity index (χ3v) is 3.97. The molecule has 2 atom stereocenters. The summed E-state index contributed by atoms with van der Waals surface area (Å²) >= 11 is 5.99. The van der Waals surface area contributed by atoms with E-state index in [0.717, 1.165) is 24.0 Å². The summed E-state index contributed by atoms with van der Waals surface area (Å²) < 4.78 is 4.70. The zero-order valence-electron chi connectivity index (χ0n) is 11.7. The van der Waals surface area contributed by atoms with Crippen LogP contribution in [0.3, 0.4) is 0 Å². The first-order chi connectivity index (χ1) is 9.51. The highest BCUT2D eigenvalue weighted by atomic mass is 35.5. The molecule has 0 aromatic heterocycles. The number of hydrogen-bond acceptors (Lipinski definition) is 4. The van der Waals surface area contributed by atoms with Crippen molar-refractivity contribution in [3.8, 4) is 0 Å². The summed E-state index contributed by atoms with van der Waals surface area (Å²) in [4.78, 5) is 11.5. The second-order valence-electron chi connectivity index (χ2n) is 5.28. The highest BCUT2D eigenvalue weighted by Crippen LogP contribution is 2.27. The lowest BCUT2D eigenvalue weighted by Crippen LogP contribution is -2.38. The van der Waals surface area contributed by atoms with Crippen LogP contribution in [-0.2, 0) is 9.53 Å². The molecular formula is C15H20ClNO3. The third kappa shape index (κ3) is 3.95. The van der Waals surface area contributed by atoms with Crippen molar-refractivity contribution >= 4 is 17.6 Å². The molecule has 1 saturated carbocycles. The molecule has 20 heavy (non-hydrogen) atoms. The molecule has 0 saturated heterocycles. The summed E-state index contributed by atoms with van der Waals surface area (Å²) in [5, 5.41) is 14.5. The molecule has 2 rings (SSSR count). The van der Waals surface area contributed by atoms with E-state index in [0.29, 0.717) is 11.1 Å². The molecule has 0 spiro atoms. The molecule has 1 aromatic carbocycles. The third-order valence-electron chi connectivity index (χ3n) is 3.55. The van der Waals surface area contributed by atoms with Gasteiger partial charge < -0.3 is 15.2 Å². The van der Waals surface area contributed by atoms with Crippen LogP contribution in [0, 0.1) is 6.92 Å². The van der Waals surface area contributed by atoms with Crippen LogP contribution in [0.15, 0.2) is 18.2 Å². The molecule has 5 heteroatoms. The Bertz CT molecular complexity index is 488. The van der Waals surface area contributed by atoms with Crippen molar-refractivity contribution < 1.29 is 14.6 Å². The number of nitrogens with one attached hydrogen (secondary N) is 1. The van der Waals surface area contributed by atoms with Crippen LogP contribution in [0.25, 0.3) is 0 Å². The number of aryl methyl sites for hydroxylation is 1. The topological polar surface area (TPSA) is 58.6 Å². The molecule has 0 aliphatic heterocycles. The summed E-state index contributed by atoms with van der Waals surface area (Å²) in [6.45, 7) is 1.89. The van der Waals surface area contributed by atoms with Crippen LogP contribution < -0.4 is 5.32 Å². The van der Waals surface area contributed by atoms with E-state index in [1.54, 1.807) is 12.1 Å². The normalized spacial score (nSPS) is 17.6. The molecule has 0 amide bonds. The predicted molar refractivity (Wildman–Crippen MR) is 77.7 cm³/mol. The highest BCUT2D eigenvalue weighted by molar-refractivity contribution is 6.31. The van der Waals surface area contributed by atoms with E-state index in [1.807, 2.05) is 13.0 Å². The molecule has 0 heterocycles. The fourth-order valence-electron chi connectivity index (χ4n) is 2.16. The molecule has 1 aromatic rings. The second kappa shape index (κ2) is 6.57. The van der Waals surface area contributed by atoms with E-state index in [4.69, 9.17) is 16.3 Å². The van der Waals surface area contributed by atoms with Gasteiger partial charge in [0.2, 0.25) is 0 Å². The Hall–Kier alpha value is -1.10. The zero-order valence-corrected chi connectivity index (χ0v) is 12.5. The van der Waals surface area contributed by atoms with Gasteiger partial charge in [-0.05, 0) is 37.0 Å². The summed E-state index contributed by atoms with van der Waals surface area (Å²) in [5.74, 6) is -0.326. The number of halogens is 1. The van der Waals surface area contributed by atoms with E-state index in [2.05, 4.69) is 5.32 Å². The average molecular weight is 298 g/mol. The first-order valence-electron chi connectivity index (χ1n) is 6.78. The molecule has 110 valence electrons. The maximum absolute atomic E-state index is 11.5. The fourth-order valence-corrected chi connectivity index (χ4v) is 2.28. The van der Waals surface area contributed by atoms with Crippen molar-refractivity contribution in [1.29, 1.82) is 0 Å². The Morgan fingerprint density at radius 1 is 1.55 bits per heavy atom. The van der Waals surface area contributed by atoms with Gasteiger partial charge in [-0.1, -0.05) is 23.7 Å². The van der Waals surface area contributed by atoms with Gasteiger partial charge in [0.15, 0.2) is 0 Å². The maximum Gasteiger partial charge on any atom is 0.307 e. The van der Waals surface area contributed by atoms with Crippen molar-refractivity contribution in [2.45, 2.75) is 44.4 Å². The maximum atomic E-state index is 11.5. The number of ether oxygens (including phenoxy) is 1. The van der Waals surface area contributed by atoms with E-state index < -0.39 is 6.10 Å². The minimum atomic E-state index is -0.759. The molecular weight excluding hydrogens is 278 g/mol. The number of esters is 1. The number of carbonyl (C=O) groups is 1. The van der Waals surface area contributed by atoms with Crippen molar-refractivity contribution in [2.24, 2.45) is 0 Å². The van der Waals surface area contributed by atoms with Gasteiger partial charge in [-0.3, -0.25) is 4.79 Å². The summed E-state index contributed by atoms with van der Waals surface area (Å²) in [7, 11) is 1.36.